The van der Waals surface area contributed by atoms with E-state index in [0.29, 0.717) is 67.5 Å². The van der Waals surface area contributed by atoms with Crippen LogP contribution in [0, 0.1) is 5.92 Å². The number of anilines is 4. The lowest BCUT2D eigenvalue weighted by molar-refractivity contribution is -0.122. The first-order valence-electron chi connectivity index (χ1n) is 46.6. The van der Waals surface area contributed by atoms with Crippen LogP contribution in [0.5, 0.6) is 57.5 Å². The van der Waals surface area contributed by atoms with Crippen LogP contribution >= 0.6 is 57.7 Å². The van der Waals surface area contributed by atoms with Crippen molar-refractivity contribution in [3.8, 4) is 87.2 Å². The third kappa shape index (κ3) is 27.9. The fraction of sp³-hybridized carbons (Fsp3) is 0.361. The highest BCUT2D eigenvalue weighted by molar-refractivity contribution is 7.10. The van der Waals surface area contributed by atoms with E-state index in [1.807, 2.05) is 106 Å². The summed E-state index contributed by atoms with van der Waals surface area (Å²) in [6.07, 6.45) is 38.9. The molecule has 736 valence electrons. The molecule has 5 aliphatic rings. The normalized spacial score (nSPS) is 13.6. The summed E-state index contributed by atoms with van der Waals surface area (Å²) in [5.74, 6) is 10.7. The van der Waals surface area contributed by atoms with E-state index < -0.39 is 0 Å². The summed E-state index contributed by atoms with van der Waals surface area (Å²) in [5, 5.41) is 29.7. The number of phenols is 2. The number of aromatic nitrogens is 20. The van der Waals surface area contributed by atoms with Gasteiger partial charge in [0.2, 0.25) is 83.3 Å². The van der Waals surface area contributed by atoms with Gasteiger partial charge in [0.1, 0.15) is 48.1 Å². The zero-order chi connectivity index (χ0) is 96.9. The summed E-state index contributed by atoms with van der Waals surface area (Å²) in [7, 11) is 9.90. The number of imidazole rings is 5. The first-order chi connectivity index (χ1) is 69.1. The highest BCUT2D eigenvalue weighted by Crippen LogP contribution is 2.38. The molecule has 6 aromatic carbocycles. The Morgan fingerprint density at radius 3 is 1.22 bits per heavy atom. The van der Waals surface area contributed by atoms with Gasteiger partial charge in [0.05, 0.1) is 5.92 Å². The van der Waals surface area contributed by atoms with Crippen LogP contribution in [-0.4, -0.2) is 235 Å². The van der Waals surface area contributed by atoms with Gasteiger partial charge in [-0.25, -0.2) is 29.9 Å². The molecule has 0 radical (unpaired) electrons. The van der Waals surface area contributed by atoms with Crippen LogP contribution in [0.3, 0.4) is 0 Å². The average Bonchev–Trinajstić information content (AvgIpc) is 1.71. The molecular weight excluding hydrogens is 1890 g/mol. The molecule has 1 saturated heterocycles. The van der Waals surface area contributed by atoms with Gasteiger partial charge in [0, 0.05) is 209 Å². The summed E-state index contributed by atoms with van der Waals surface area (Å²) in [6.45, 7) is 12.1. The number of nitrogens with one attached hydrogen (secondary N) is 2. The summed E-state index contributed by atoms with van der Waals surface area (Å²) >= 11 is 6.90. The highest BCUT2D eigenvalue weighted by Gasteiger charge is 2.29. The van der Waals surface area contributed by atoms with Crippen molar-refractivity contribution in [3.05, 3.63) is 253 Å². The van der Waals surface area contributed by atoms with Crippen molar-refractivity contribution in [3.63, 3.8) is 0 Å². The van der Waals surface area contributed by atoms with Crippen molar-refractivity contribution in [1.82, 2.24) is 115 Å². The van der Waals surface area contributed by atoms with Crippen molar-refractivity contribution >= 4 is 84.1 Å². The maximum absolute atomic E-state index is 12.4. The number of likely N-dealkylation sites (tertiary alicyclic amines) is 1. The molecule has 1 fully saturated rings. The first kappa shape index (κ1) is 98.3. The Balaban J connectivity index is 0.000000122. The number of likely N-dealkylation sites (N-methyl/N-ethyl adjacent to an activating group) is 1. The van der Waals surface area contributed by atoms with Gasteiger partial charge in [0.25, 0.3) is 0 Å². The second-order valence-corrected chi connectivity index (χ2v) is 37.8. The standard InChI is InChI=1S/C23H26N6O2S.C19H22N6O3S.C19H22N6O2S.C19H23N5O2S.C17H19N5O2S/c1-27(23-25-22(26-32-23)29-14-11-24-17-29)12-2-13-28(15-18-3-7-20(30)8-4-18)16-19-5-9-21(31)10-6-19;1-20-17(26)14(18-23-19(24-29-18)25-8-7-22-11-25)3-2-6-21-10-13-4-5-15-16(9-13)28-12-27-15;1-23(19-21-18(22-28-19)25-7-5-20-12-25)9-15-4-6-24(11-15)10-14-2-3-16-17(8-14)27-13-26-16;1-23(19-21-18(22-27-19)24-11-9-20-13-24)10-5-3-2-4-6-15-7-8-16-17(12-15)26-14-25-16;1-21(17-19-16(20-25-17)22-9-7-18-11-22)8-3-2-4-13-5-6-14-15(10-13)24-12-23-14/h3-11,14,17,30-31H,2,12-13,15-16H2,1H3;4-5,7-9,11,14,21H,2-3,6,10,12H2,1H3,(H,20,26);2-3,5,7-8,12,15H,4,6,9-11,13H2,1H3;7-9,11-13H,2-6,10,14H2,1H3;5-7,9-11H,2-4,8,12H2,1H3. The number of fused-ring (bicyclic) bond motifs is 4. The van der Waals surface area contributed by atoms with Gasteiger partial charge in [-0.1, -0.05) is 61.4 Å². The molecule has 2 atom stereocenters. The van der Waals surface area contributed by atoms with E-state index in [2.05, 4.69) is 169 Å². The van der Waals surface area contributed by atoms with Crippen LogP contribution in [0.2, 0.25) is 0 Å². The lowest BCUT2D eigenvalue weighted by Gasteiger charge is -2.24. The Labute approximate surface area is 836 Å². The smallest absolute Gasteiger partial charge is 0.248 e. The fourth-order valence-electron chi connectivity index (χ4n) is 16.1. The number of phenolic OH excluding ortho intramolecular Hbond substituents is 2. The van der Waals surface area contributed by atoms with Gasteiger partial charge >= 0.3 is 0 Å². The number of amides is 1. The van der Waals surface area contributed by atoms with E-state index in [1.54, 1.807) is 109 Å². The number of ether oxygens (including phenoxy) is 8. The van der Waals surface area contributed by atoms with Crippen molar-refractivity contribution in [2.75, 3.05) is 134 Å². The molecule has 39 nitrogen and oxygen atoms in total. The van der Waals surface area contributed by atoms with Crippen molar-refractivity contribution < 1.29 is 52.9 Å². The third-order valence-electron chi connectivity index (χ3n) is 23.7. The molecule has 141 heavy (non-hydrogen) atoms. The molecule has 2 unspecified atom stereocenters. The Morgan fingerprint density at radius 1 is 0.411 bits per heavy atom. The van der Waals surface area contributed by atoms with Crippen LogP contribution in [0.25, 0.3) is 29.7 Å². The number of carbonyl (C=O) groups excluding carboxylic acids is 1. The van der Waals surface area contributed by atoms with E-state index in [4.69, 9.17) is 37.9 Å². The lowest BCUT2D eigenvalue weighted by atomic mass is 10.0. The molecule has 16 aromatic rings. The number of aryl methyl sites for hydroxylation is 2. The zero-order valence-electron chi connectivity index (χ0n) is 78.9. The van der Waals surface area contributed by atoms with Crippen LogP contribution in [0.4, 0.5) is 20.5 Å². The lowest BCUT2D eigenvalue weighted by Crippen LogP contribution is -2.28. The Bertz CT molecular complexity index is 6440. The first-order valence-corrected chi connectivity index (χ1v) is 50.4. The summed E-state index contributed by atoms with van der Waals surface area (Å²) in [6, 6.07) is 39.2. The number of unbranched alkanes of at least 4 members (excludes halogenated alkanes) is 4. The van der Waals surface area contributed by atoms with Gasteiger partial charge in [-0.05, 0) is 201 Å². The quantitative estimate of drug-likeness (QED) is 0.0259. The molecule has 4 N–H and O–H groups in total. The van der Waals surface area contributed by atoms with E-state index in [0.717, 1.165) is 207 Å². The van der Waals surface area contributed by atoms with Crippen molar-refractivity contribution in [2.45, 2.75) is 109 Å². The summed E-state index contributed by atoms with van der Waals surface area (Å²) < 4.78 is 74.1. The van der Waals surface area contributed by atoms with Crippen molar-refractivity contribution in [1.29, 1.82) is 0 Å². The Kier molecular flexibility index (Phi) is 34.5. The minimum Gasteiger partial charge on any atom is -0.508 e. The van der Waals surface area contributed by atoms with Gasteiger partial charge in [0.15, 0.2) is 46.0 Å². The molecule has 15 heterocycles. The highest BCUT2D eigenvalue weighted by atomic mass is 32.1. The molecule has 5 aliphatic heterocycles. The number of hydrogen-bond donors (Lipinski definition) is 4. The van der Waals surface area contributed by atoms with E-state index in [1.165, 1.54) is 100 Å². The van der Waals surface area contributed by atoms with Gasteiger partial charge in [-0.15, -0.1) is 0 Å². The molecular formula is C97H112N28O11S5. The predicted molar refractivity (Wildman–Crippen MR) is 540 cm³/mol. The molecule has 44 heteroatoms. The topological polar surface area (TPSA) is 393 Å². The number of rotatable bonds is 41. The predicted octanol–water partition coefficient (Wildman–Crippen LogP) is 14.5. The molecule has 0 spiro atoms. The maximum atomic E-state index is 12.4. The van der Waals surface area contributed by atoms with Gasteiger partial charge < -0.3 is 78.3 Å². The Morgan fingerprint density at radius 2 is 0.780 bits per heavy atom. The van der Waals surface area contributed by atoms with Gasteiger partial charge in [-0.3, -0.25) is 37.4 Å². The fourth-order valence-corrected chi connectivity index (χ4v) is 19.5. The monoisotopic (exact) mass is 2000 g/mol. The van der Waals surface area contributed by atoms with Crippen LogP contribution in [0.1, 0.15) is 109 Å². The minimum atomic E-state index is -0.317. The van der Waals surface area contributed by atoms with Gasteiger partial charge in [-0.2, -0.15) is 41.8 Å². The summed E-state index contributed by atoms with van der Waals surface area (Å²) in [5.41, 5.74) is 7.29. The van der Waals surface area contributed by atoms with Crippen molar-refractivity contribution in [2.24, 2.45) is 5.92 Å². The number of nitrogens with zero attached hydrogens (tertiary/aromatic N) is 26. The number of aromatic hydroxyl groups is 2. The molecule has 1 amide bonds. The number of carbonyl (C=O) groups is 1. The van der Waals surface area contributed by atoms with E-state index >= 15 is 0 Å². The van der Waals surface area contributed by atoms with Crippen LogP contribution in [0.15, 0.2) is 215 Å². The van der Waals surface area contributed by atoms with E-state index in [-0.39, 0.29) is 30.1 Å². The molecule has 0 aliphatic carbocycles. The van der Waals surface area contributed by atoms with E-state index in [9.17, 15) is 15.0 Å². The molecule has 0 saturated carbocycles. The second kappa shape index (κ2) is 49.5. The SMILES string of the molecule is CN(CC1CCN(Cc2ccc3c(c2)OCO3)C1)c1nc(-n2ccnc2)ns1.CN(CCCCCCc1ccc2c(c1)OCO2)c1nc(-n2ccnc2)ns1.CN(CCCCc1ccc2c(c1)OCO2)c1nc(-n2ccnc2)ns1.CN(CCCN(Cc1ccc(O)cc1)Cc1ccc(O)cc1)c1nc(-n2ccnc2)ns1.CNC(=O)C(CCCNCc1ccc2c(c1)OCO2)c1nc(-n2ccnc2)ns1. The molecule has 10 aromatic heterocycles. The summed E-state index contributed by atoms with van der Waals surface area (Å²) in [4.78, 5) is 68.9. The number of benzene rings is 6. The minimum absolute atomic E-state index is 0.0471. The van der Waals surface area contributed by atoms with Crippen LogP contribution in [-0.2, 0) is 43.8 Å². The number of hydrogen-bond acceptors (Lipinski definition) is 38. The Hall–Kier alpha value is -14.3. The average molecular weight is 2010 g/mol. The largest absolute Gasteiger partial charge is 0.508 e. The third-order valence-corrected chi connectivity index (χ3v) is 27.8. The maximum Gasteiger partial charge on any atom is 0.248 e. The second-order valence-electron chi connectivity index (χ2n) is 34.1. The molecule has 21 rings (SSSR count). The van der Waals surface area contributed by atoms with Crippen LogP contribution < -0.4 is 68.1 Å². The molecule has 0 bridgehead atoms. The zero-order valence-corrected chi connectivity index (χ0v) is 83.0.